The zero-order valence-electron chi connectivity index (χ0n) is 10.7. The van der Waals surface area contributed by atoms with Gasteiger partial charge in [0.15, 0.2) is 12.4 Å². The van der Waals surface area contributed by atoms with Gasteiger partial charge in [-0.05, 0) is 0 Å². The normalized spacial score (nSPS) is 9.68. The maximum atomic E-state index is 11.2. The van der Waals surface area contributed by atoms with E-state index in [0.29, 0.717) is 24.3 Å². The minimum atomic E-state index is -0.384. The third-order valence-corrected chi connectivity index (χ3v) is 2.27. The summed E-state index contributed by atoms with van der Waals surface area (Å²) < 4.78 is 14.4. The number of aromatic nitrogens is 1. The van der Waals surface area contributed by atoms with E-state index in [1.165, 1.54) is 7.11 Å². The van der Waals surface area contributed by atoms with Gasteiger partial charge in [-0.2, -0.15) is 0 Å². The Balaban J connectivity index is 2.32. The van der Waals surface area contributed by atoms with Crippen molar-refractivity contribution in [2.24, 2.45) is 0 Å². The lowest BCUT2D eigenvalue weighted by molar-refractivity contribution is -0.145. The Hall–Kier alpha value is -2.29. The van der Waals surface area contributed by atoms with Gasteiger partial charge >= 0.3 is 11.9 Å². The van der Waals surface area contributed by atoms with Crippen molar-refractivity contribution >= 4 is 11.9 Å². The SMILES string of the molecule is C#CCCC(=O)OCc1cc(CCC(=O)OC)no1. The first-order valence-corrected chi connectivity index (χ1v) is 5.76. The van der Waals surface area contributed by atoms with Gasteiger partial charge < -0.3 is 14.0 Å². The summed E-state index contributed by atoms with van der Waals surface area (Å²) in [6.45, 7) is 0.00856. The highest BCUT2D eigenvalue weighted by Crippen LogP contribution is 2.08. The van der Waals surface area contributed by atoms with Gasteiger partial charge in [-0.15, -0.1) is 12.3 Å². The van der Waals surface area contributed by atoms with Gasteiger partial charge in [0.25, 0.3) is 0 Å². The molecule has 0 fully saturated rings. The number of hydrogen-bond acceptors (Lipinski definition) is 6. The highest BCUT2D eigenvalue weighted by atomic mass is 16.5. The van der Waals surface area contributed by atoms with Gasteiger partial charge in [0.2, 0.25) is 0 Å². The van der Waals surface area contributed by atoms with Gasteiger partial charge in [0, 0.05) is 18.9 Å². The topological polar surface area (TPSA) is 78.6 Å². The van der Waals surface area contributed by atoms with Crippen molar-refractivity contribution in [1.82, 2.24) is 5.16 Å². The van der Waals surface area contributed by atoms with Crippen LogP contribution in [0.25, 0.3) is 0 Å². The third kappa shape index (κ3) is 5.73. The first-order chi connectivity index (χ1) is 9.15. The van der Waals surface area contributed by atoms with Crippen LogP contribution in [0.15, 0.2) is 10.6 Å². The standard InChI is InChI=1S/C13H15NO5/c1-3-4-5-13(16)18-9-11-8-10(14-19-11)6-7-12(15)17-2/h1,8H,4-7,9H2,2H3. The van der Waals surface area contributed by atoms with Crippen LogP contribution in [0, 0.1) is 12.3 Å². The van der Waals surface area contributed by atoms with Crippen LogP contribution in [-0.2, 0) is 32.1 Å². The molecule has 0 saturated carbocycles. The van der Waals surface area contributed by atoms with E-state index in [4.69, 9.17) is 15.7 Å². The number of rotatable bonds is 7. The van der Waals surface area contributed by atoms with Gasteiger partial charge in [-0.1, -0.05) is 5.16 Å². The summed E-state index contributed by atoms with van der Waals surface area (Å²) >= 11 is 0. The first-order valence-electron chi connectivity index (χ1n) is 5.76. The van der Waals surface area contributed by atoms with E-state index in [1.807, 2.05) is 0 Å². The second kappa shape index (κ2) is 7.93. The lowest BCUT2D eigenvalue weighted by Crippen LogP contribution is -2.03. The third-order valence-electron chi connectivity index (χ3n) is 2.27. The molecule has 102 valence electrons. The van der Waals surface area contributed by atoms with Gasteiger partial charge in [-0.3, -0.25) is 9.59 Å². The summed E-state index contributed by atoms with van der Waals surface area (Å²) in [5.74, 6) is 2.08. The second-order valence-electron chi connectivity index (χ2n) is 3.73. The molecule has 0 atom stereocenters. The van der Waals surface area contributed by atoms with Crippen molar-refractivity contribution in [3.8, 4) is 12.3 Å². The molecule has 19 heavy (non-hydrogen) atoms. The molecule has 0 aliphatic carbocycles. The maximum absolute atomic E-state index is 11.2. The molecule has 1 aromatic heterocycles. The molecule has 0 amide bonds. The summed E-state index contributed by atoms with van der Waals surface area (Å²) in [4.78, 5) is 22.1. The molecular weight excluding hydrogens is 250 g/mol. The highest BCUT2D eigenvalue weighted by molar-refractivity contribution is 5.69. The van der Waals surface area contributed by atoms with Crippen molar-refractivity contribution in [3.05, 3.63) is 17.5 Å². The lowest BCUT2D eigenvalue weighted by atomic mass is 10.2. The molecule has 6 heteroatoms. The van der Waals surface area contributed by atoms with E-state index in [0.717, 1.165) is 0 Å². The number of carbonyl (C=O) groups is 2. The maximum Gasteiger partial charge on any atom is 0.307 e. The molecule has 0 aromatic carbocycles. The van der Waals surface area contributed by atoms with Crippen LogP contribution < -0.4 is 0 Å². The molecule has 0 radical (unpaired) electrons. The summed E-state index contributed by atoms with van der Waals surface area (Å²) in [5.41, 5.74) is 0.611. The Morgan fingerprint density at radius 3 is 2.89 bits per heavy atom. The molecule has 1 aromatic rings. The van der Waals surface area contributed by atoms with Crippen LogP contribution in [0.5, 0.6) is 0 Å². The van der Waals surface area contributed by atoms with Crippen molar-refractivity contribution in [2.45, 2.75) is 32.3 Å². The fraction of sp³-hybridized carbons (Fsp3) is 0.462. The Bertz CT molecular complexity index is 472. The molecule has 1 heterocycles. The van der Waals surface area contributed by atoms with Crippen molar-refractivity contribution < 1.29 is 23.6 Å². The monoisotopic (exact) mass is 265 g/mol. The Morgan fingerprint density at radius 1 is 1.42 bits per heavy atom. The average Bonchev–Trinajstić information content (AvgIpc) is 2.88. The Labute approximate surface area is 111 Å². The number of aryl methyl sites for hydroxylation is 1. The number of hydrogen-bond donors (Lipinski definition) is 0. The van der Waals surface area contributed by atoms with Crippen LogP contribution in [0.2, 0.25) is 0 Å². The number of nitrogens with zero attached hydrogens (tertiary/aromatic N) is 1. The van der Waals surface area contributed by atoms with E-state index in [9.17, 15) is 9.59 Å². The number of ether oxygens (including phenoxy) is 2. The number of methoxy groups -OCH3 is 1. The van der Waals surface area contributed by atoms with Crippen molar-refractivity contribution in [2.75, 3.05) is 7.11 Å². The largest absolute Gasteiger partial charge is 0.469 e. The Kier molecular flexibility index (Phi) is 6.16. The average molecular weight is 265 g/mol. The zero-order chi connectivity index (χ0) is 14.1. The summed E-state index contributed by atoms with van der Waals surface area (Å²) in [5, 5.41) is 3.76. The van der Waals surface area contributed by atoms with Crippen LogP contribution in [-0.4, -0.2) is 24.2 Å². The van der Waals surface area contributed by atoms with Gasteiger partial charge in [0.1, 0.15) is 0 Å². The fourth-order valence-electron chi connectivity index (χ4n) is 1.27. The zero-order valence-corrected chi connectivity index (χ0v) is 10.7. The molecular formula is C13H15NO5. The van der Waals surface area contributed by atoms with E-state index in [-0.39, 0.29) is 31.4 Å². The van der Waals surface area contributed by atoms with Crippen LogP contribution in [0.1, 0.15) is 30.7 Å². The van der Waals surface area contributed by atoms with Gasteiger partial charge in [0.05, 0.1) is 25.6 Å². The molecule has 0 spiro atoms. The summed E-state index contributed by atoms with van der Waals surface area (Å²) in [6.07, 6.45) is 6.20. The molecule has 0 aliphatic rings. The first kappa shape index (κ1) is 14.8. The quantitative estimate of drug-likeness (QED) is 0.545. The summed E-state index contributed by atoms with van der Waals surface area (Å²) in [6, 6.07) is 1.64. The number of carbonyl (C=O) groups excluding carboxylic acids is 2. The predicted octanol–water partition coefficient (Wildman–Crippen LogP) is 1.24. The molecule has 0 unspecified atom stereocenters. The molecule has 6 nitrogen and oxygen atoms in total. The Morgan fingerprint density at radius 2 is 2.21 bits per heavy atom. The molecule has 0 saturated heterocycles. The van der Waals surface area contributed by atoms with Crippen LogP contribution in [0.4, 0.5) is 0 Å². The second-order valence-corrected chi connectivity index (χ2v) is 3.73. The lowest BCUT2D eigenvalue weighted by Gasteiger charge is -1.99. The van der Waals surface area contributed by atoms with Crippen LogP contribution >= 0.6 is 0 Å². The number of terminal acetylenes is 1. The van der Waals surface area contributed by atoms with Gasteiger partial charge in [-0.25, -0.2) is 0 Å². The van der Waals surface area contributed by atoms with E-state index in [1.54, 1.807) is 6.07 Å². The highest BCUT2D eigenvalue weighted by Gasteiger charge is 2.09. The minimum Gasteiger partial charge on any atom is -0.469 e. The molecule has 1 rings (SSSR count). The molecule has 0 N–H and O–H groups in total. The van der Waals surface area contributed by atoms with E-state index < -0.39 is 0 Å². The molecule has 0 aliphatic heterocycles. The van der Waals surface area contributed by atoms with Crippen LogP contribution in [0.3, 0.4) is 0 Å². The number of esters is 2. The smallest absolute Gasteiger partial charge is 0.307 e. The van der Waals surface area contributed by atoms with E-state index in [2.05, 4.69) is 15.8 Å². The van der Waals surface area contributed by atoms with Crippen molar-refractivity contribution in [1.29, 1.82) is 0 Å². The fourth-order valence-corrected chi connectivity index (χ4v) is 1.27. The molecule has 0 bridgehead atoms. The predicted molar refractivity (Wildman–Crippen MR) is 64.7 cm³/mol. The minimum absolute atomic E-state index is 0.00856. The summed E-state index contributed by atoms with van der Waals surface area (Å²) in [7, 11) is 1.33. The van der Waals surface area contributed by atoms with Crippen molar-refractivity contribution in [3.63, 3.8) is 0 Å². The van der Waals surface area contributed by atoms with E-state index >= 15 is 0 Å².